The summed E-state index contributed by atoms with van der Waals surface area (Å²) in [6.07, 6.45) is 0. The Morgan fingerprint density at radius 1 is 0.548 bits per heavy atom. The summed E-state index contributed by atoms with van der Waals surface area (Å²) < 4.78 is 0. The Balaban J connectivity index is 1.76. The molecule has 0 bridgehead atoms. The van der Waals surface area contributed by atoms with Crippen LogP contribution >= 0.6 is 0 Å². The third-order valence-electron chi connectivity index (χ3n) is 9.02. The highest BCUT2D eigenvalue weighted by Crippen LogP contribution is 2.57. The third kappa shape index (κ3) is 3.71. The first-order chi connectivity index (χ1) is 20.4. The molecule has 5 aromatic carbocycles. The van der Waals surface area contributed by atoms with Crippen LogP contribution in [-0.2, 0) is 11.1 Å². The van der Waals surface area contributed by atoms with Crippen LogP contribution in [-0.4, -0.2) is 4.98 Å². The second-order valence-corrected chi connectivity index (χ2v) is 11.3. The van der Waals surface area contributed by atoms with Crippen molar-refractivity contribution < 1.29 is 0 Å². The Kier molecular flexibility index (Phi) is 6.16. The van der Waals surface area contributed by atoms with Gasteiger partial charge in [-0.1, -0.05) is 133 Å². The van der Waals surface area contributed by atoms with Gasteiger partial charge in [-0.2, -0.15) is 0 Å². The molecule has 0 saturated heterocycles. The molecule has 6 aromatic rings. The molecule has 0 fully saturated rings. The summed E-state index contributed by atoms with van der Waals surface area (Å²) in [6, 6.07) is 48.0. The van der Waals surface area contributed by atoms with Crippen molar-refractivity contribution in [2.24, 2.45) is 11.5 Å². The first kappa shape index (κ1) is 26.1. The second kappa shape index (κ2) is 9.92. The number of benzene rings is 5. The van der Waals surface area contributed by atoms with E-state index in [9.17, 15) is 0 Å². The van der Waals surface area contributed by atoms with Gasteiger partial charge in [0.25, 0.3) is 0 Å². The predicted octanol–water partition coefficient (Wildman–Crippen LogP) is 7.88. The molecule has 2 unspecified atom stereocenters. The van der Waals surface area contributed by atoms with Crippen molar-refractivity contribution in [3.8, 4) is 0 Å². The average molecular weight is 544 g/mol. The van der Waals surface area contributed by atoms with Crippen LogP contribution in [0.4, 0.5) is 0 Å². The van der Waals surface area contributed by atoms with Crippen molar-refractivity contribution in [2.75, 3.05) is 0 Å². The van der Waals surface area contributed by atoms with Crippen LogP contribution in [0.3, 0.4) is 0 Å². The van der Waals surface area contributed by atoms with Crippen LogP contribution in [0.2, 0.25) is 0 Å². The Bertz CT molecular complexity index is 1950. The SMILES string of the molecule is Cc1ccc2cc3c(nc2c1C)C(c1ccccc1)=C(c1ccccc1)C(N)(c1ccccc1)C3(N)c1ccccc1. The van der Waals surface area contributed by atoms with Gasteiger partial charge in [-0.25, -0.2) is 4.98 Å². The van der Waals surface area contributed by atoms with Crippen LogP contribution in [0, 0.1) is 13.8 Å². The molecule has 3 heteroatoms. The summed E-state index contributed by atoms with van der Waals surface area (Å²) in [5.74, 6) is 0. The maximum absolute atomic E-state index is 8.00. The lowest BCUT2D eigenvalue weighted by molar-refractivity contribution is 0.343. The van der Waals surface area contributed by atoms with E-state index in [4.69, 9.17) is 16.5 Å². The molecular weight excluding hydrogens is 510 g/mol. The monoisotopic (exact) mass is 543 g/mol. The molecule has 0 saturated carbocycles. The zero-order chi connectivity index (χ0) is 28.9. The van der Waals surface area contributed by atoms with Crippen LogP contribution in [0.1, 0.15) is 44.6 Å². The van der Waals surface area contributed by atoms with E-state index >= 15 is 0 Å². The molecule has 0 amide bonds. The van der Waals surface area contributed by atoms with E-state index in [1.54, 1.807) is 0 Å². The van der Waals surface area contributed by atoms with Crippen LogP contribution in [0.25, 0.3) is 22.0 Å². The maximum Gasteiger partial charge on any atom is 0.0955 e. The largest absolute Gasteiger partial charge is 0.316 e. The van der Waals surface area contributed by atoms with Crippen molar-refractivity contribution in [1.29, 1.82) is 0 Å². The molecular formula is C39H33N3. The van der Waals surface area contributed by atoms with E-state index in [1.165, 1.54) is 11.1 Å². The molecule has 4 N–H and O–H groups in total. The maximum atomic E-state index is 8.00. The minimum absolute atomic E-state index is 0.865. The summed E-state index contributed by atoms with van der Waals surface area (Å²) in [7, 11) is 0. The van der Waals surface area contributed by atoms with E-state index < -0.39 is 11.1 Å². The molecule has 1 aliphatic carbocycles. The lowest BCUT2D eigenvalue weighted by Crippen LogP contribution is -2.64. The molecule has 42 heavy (non-hydrogen) atoms. The Labute approximate surface area is 247 Å². The van der Waals surface area contributed by atoms with Crippen molar-refractivity contribution in [1.82, 2.24) is 4.98 Å². The smallest absolute Gasteiger partial charge is 0.0955 e. The summed E-state index contributed by atoms with van der Waals surface area (Å²) in [5, 5.41) is 1.05. The van der Waals surface area contributed by atoms with Crippen molar-refractivity contribution in [3.63, 3.8) is 0 Å². The Morgan fingerprint density at radius 3 is 1.62 bits per heavy atom. The Morgan fingerprint density at radius 2 is 1.05 bits per heavy atom. The third-order valence-corrected chi connectivity index (χ3v) is 9.02. The summed E-state index contributed by atoms with van der Waals surface area (Å²) in [5.41, 5.74) is 24.6. The number of hydrogen-bond acceptors (Lipinski definition) is 3. The van der Waals surface area contributed by atoms with Gasteiger partial charge in [0.1, 0.15) is 0 Å². The highest BCUT2D eigenvalue weighted by Gasteiger charge is 2.57. The van der Waals surface area contributed by atoms with Gasteiger partial charge in [-0.15, -0.1) is 0 Å². The predicted molar refractivity (Wildman–Crippen MR) is 174 cm³/mol. The highest BCUT2D eigenvalue weighted by atomic mass is 15.0. The molecule has 0 spiro atoms. The number of nitrogens with two attached hydrogens (primary N) is 2. The minimum atomic E-state index is -1.16. The molecule has 1 heterocycles. The lowest BCUT2D eigenvalue weighted by Gasteiger charge is -2.52. The molecule has 0 aliphatic heterocycles. The highest BCUT2D eigenvalue weighted by molar-refractivity contribution is 6.06. The second-order valence-electron chi connectivity index (χ2n) is 11.3. The van der Waals surface area contributed by atoms with Gasteiger partial charge in [-0.05, 0) is 58.9 Å². The molecule has 1 aromatic heterocycles. The van der Waals surface area contributed by atoms with Gasteiger partial charge in [0, 0.05) is 16.5 Å². The van der Waals surface area contributed by atoms with E-state index in [1.807, 2.05) is 48.5 Å². The zero-order valence-electron chi connectivity index (χ0n) is 23.9. The molecule has 7 rings (SSSR count). The van der Waals surface area contributed by atoms with Crippen LogP contribution < -0.4 is 11.5 Å². The van der Waals surface area contributed by atoms with Gasteiger partial charge in [0.15, 0.2) is 0 Å². The van der Waals surface area contributed by atoms with Crippen molar-refractivity contribution >= 4 is 22.0 Å². The number of aryl methyl sites for hydroxylation is 2. The van der Waals surface area contributed by atoms with E-state index in [0.717, 1.165) is 55.6 Å². The molecule has 1 aliphatic rings. The van der Waals surface area contributed by atoms with E-state index in [0.29, 0.717) is 0 Å². The van der Waals surface area contributed by atoms with E-state index in [2.05, 4.69) is 105 Å². The van der Waals surface area contributed by atoms with Crippen molar-refractivity contribution in [3.05, 3.63) is 184 Å². The molecule has 2 atom stereocenters. The Hall–Kier alpha value is -4.83. The van der Waals surface area contributed by atoms with Crippen molar-refractivity contribution in [2.45, 2.75) is 24.9 Å². The average Bonchev–Trinajstić information content (AvgIpc) is 3.05. The zero-order valence-corrected chi connectivity index (χ0v) is 23.9. The summed E-state index contributed by atoms with van der Waals surface area (Å²) in [4.78, 5) is 5.50. The fourth-order valence-electron chi connectivity index (χ4n) is 6.72. The van der Waals surface area contributed by atoms with Gasteiger partial charge in [0.2, 0.25) is 0 Å². The van der Waals surface area contributed by atoms with Gasteiger partial charge < -0.3 is 11.5 Å². The van der Waals surface area contributed by atoms with Gasteiger partial charge in [0.05, 0.1) is 22.3 Å². The van der Waals surface area contributed by atoms with Crippen LogP contribution in [0.15, 0.2) is 140 Å². The topological polar surface area (TPSA) is 64.9 Å². The number of rotatable bonds is 4. The summed E-state index contributed by atoms with van der Waals surface area (Å²) in [6.45, 7) is 4.28. The van der Waals surface area contributed by atoms with E-state index in [-0.39, 0.29) is 0 Å². The van der Waals surface area contributed by atoms with Gasteiger partial charge >= 0.3 is 0 Å². The number of pyridine rings is 1. The quantitative estimate of drug-likeness (QED) is 0.238. The first-order valence-corrected chi connectivity index (χ1v) is 14.4. The fraction of sp³-hybridized carbons (Fsp3) is 0.103. The number of fused-ring (bicyclic) bond motifs is 2. The van der Waals surface area contributed by atoms with Gasteiger partial charge in [-0.3, -0.25) is 0 Å². The fourth-order valence-corrected chi connectivity index (χ4v) is 6.72. The molecule has 3 nitrogen and oxygen atoms in total. The number of nitrogens with zero attached hydrogens (tertiary/aromatic N) is 1. The lowest BCUT2D eigenvalue weighted by atomic mass is 9.56. The standard InChI is InChI=1S/C39H33N3/c1-26-23-24-30-25-33-37(42-36(30)27(26)2)34(28-15-7-3-8-16-28)35(29-17-9-4-10-18-29)39(41,32-21-13-6-14-22-32)38(33,40)31-19-11-5-12-20-31/h3-25H,40-41H2,1-2H3. The number of aromatic nitrogens is 1. The normalized spacial score (nSPS) is 20.0. The van der Waals surface area contributed by atoms with Crippen LogP contribution in [0.5, 0.6) is 0 Å². The first-order valence-electron chi connectivity index (χ1n) is 14.4. The number of hydrogen-bond donors (Lipinski definition) is 2. The molecule has 0 radical (unpaired) electrons. The summed E-state index contributed by atoms with van der Waals surface area (Å²) >= 11 is 0. The minimum Gasteiger partial charge on any atom is -0.316 e. The molecule has 204 valence electrons.